The number of hydrogen-bond acceptors (Lipinski definition) is 4. The van der Waals surface area contributed by atoms with Crippen LogP contribution in [0.25, 0.3) is 11.6 Å². The molecule has 1 aliphatic heterocycles. The Balaban J connectivity index is 2.01. The minimum atomic E-state index is 0.0328. The highest BCUT2D eigenvalue weighted by Crippen LogP contribution is 2.27. The summed E-state index contributed by atoms with van der Waals surface area (Å²) in [6.07, 6.45) is 2.85. The van der Waals surface area contributed by atoms with E-state index in [1.807, 2.05) is 0 Å². The average molecular weight is 254 g/mol. The largest absolute Gasteiger partial charge is 0.441 e. The third kappa shape index (κ3) is 1.85. The summed E-state index contributed by atoms with van der Waals surface area (Å²) >= 11 is 5.72. The van der Waals surface area contributed by atoms with E-state index in [0.717, 1.165) is 25.1 Å². The van der Waals surface area contributed by atoms with Crippen molar-refractivity contribution in [1.82, 2.24) is 14.8 Å². The quantitative estimate of drug-likeness (QED) is 0.890. The van der Waals surface area contributed by atoms with E-state index in [1.54, 1.807) is 16.8 Å². The molecule has 6 heteroatoms. The normalized spacial score (nSPS) is 19.3. The lowest BCUT2D eigenvalue weighted by Crippen LogP contribution is -2.21. The number of aromatic nitrogens is 3. The Bertz CT molecular complexity index is 535. The van der Waals surface area contributed by atoms with Crippen LogP contribution in [-0.4, -0.2) is 26.5 Å². The first-order chi connectivity index (χ1) is 8.28. The molecule has 0 aliphatic carbocycles. The number of hydrogen-bond donors (Lipinski definition) is 1. The molecule has 3 rings (SSSR count). The van der Waals surface area contributed by atoms with Crippen LogP contribution in [-0.2, 0) is 6.42 Å². The van der Waals surface area contributed by atoms with Crippen molar-refractivity contribution in [2.24, 2.45) is 0 Å². The number of fused-ring (bicyclic) bond motifs is 1. The third-order valence-corrected chi connectivity index (χ3v) is 3.19. The van der Waals surface area contributed by atoms with Gasteiger partial charge in [-0.15, -0.1) is 5.10 Å². The molecule has 0 saturated heterocycles. The van der Waals surface area contributed by atoms with Crippen LogP contribution in [0.3, 0.4) is 0 Å². The summed E-state index contributed by atoms with van der Waals surface area (Å²) in [5.74, 6) is 2.00. The maximum Gasteiger partial charge on any atom is 0.217 e. The summed E-state index contributed by atoms with van der Waals surface area (Å²) in [4.78, 5) is 4.42. The molecule has 5 nitrogen and oxygen atoms in total. The summed E-state index contributed by atoms with van der Waals surface area (Å²) in [6.45, 7) is 0.0920. The molecular weight excluding hydrogens is 242 g/mol. The van der Waals surface area contributed by atoms with Gasteiger partial charge in [-0.3, -0.25) is 0 Å². The smallest absolute Gasteiger partial charge is 0.217 e. The van der Waals surface area contributed by atoms with E-state index in [-0.39, 0.29) is 12.6 Å². The lowest BCUT2D eigenvalue weighted by atomic mass is 10.1. The van der Waals surface area contributed by atoms with Crippen LogP contribution < -0.4 is 0 Å². The maximum atomic E-state index is 9.29. The second-order valence-electron chi connectivity index (χ2n) is 4.13. The Morgan fingerprint density at radius 3 is 3.12 bits per heavy atom. The third-order valence-electron chi connectivity index (χ3n) is 2.99. The van der Waals surface area contributed by atoms with Gasteiger partial charge in [0.15, 0.2) is 11.0 Å². The van der Waals surface area contributed by atoms with Gasteiger partial charge in [0.25, 0.3) is 0 Å². The molecule has 0 saturated carbocycles. The number of rotatable bonds is 2. The van der Waals surface area contributed by atoms with Crippen molar-refractivity contribution >= 4 is 11.6 Å². The number of halogens is 1. The summed E-state index contributed by atoms with van der Waals surface area (Å²) in [7, 11) is 0. The SMILES string of the molecule is OCC1CCCc2nc(-c3ccc(Cl)o3)nn21. The summed E-state index contributed by atoms with van der Waals surface area (Å²) in [5.41, 5.74) is 0. The van der Waals surface area contributed by atoms with Crippen molar-refractivity contribution in [3.8, 4) is 11.6 Å². The fraction of sp³-hybridized carbons (Fsp3) is 0.455. The van der Waals surface area contributed by atoms with Crippen LogP contribution >= 0.6 is 11.6 Å². The Morgan fingerprint density at radius 2 is 2.41 bits per heavy atom. The van der Waals surface area contributed by atoms with Gasteiger partial charge in [0.1, 0.15) is 5.82 Å². The zero-order chi connectivity index (χ0) is 11.8. The lowest BCUT2D eigenvalue weighted by molar-refractivity contribution is 0.195. The fourth-order valence-corrected chi connectivity index (χ4v) is 2.29. The predicted molar refractivity (Wildman–Crippen MR) is 61.8 cm³/mol. The molecule has 2 aromatic heterocycles. The number of nitrogens with zero attached hydrogens (tertiary/aromatic N) is 3. The van der Waals surface area contributed by atoms with Crippen molar-refractivity contribution in [2.75, 3.05) is 6.61 Å². The van der Waals surface area contributed by atoms with Crippen molar-refractivity contribution in [3.63, 3.8) is 0 Å². The van der Waals surface area contributed by atoms with Crippen LogP contribution in [0.5, 0.6) is 0 Å². The monoisotopic (exact) mass is 253 g/mol. The van der Waals surface area contributed by atoms with E-state index in [2.05, 4.69) is 10.1 Å². The maximum absolute atomic E-state index is 9.29. The Hall–Kier alpha value is -1.33. The molecule has 3 heterocycles. The molecule has 0 fully saturated rings. The predicted octanol–water partition coefficient (Wildman–Crippen LogP) is 2.06. The molecule has 1 aliphatic rings. The van der Waals surface area contributed by atoms with Gasteiger partial charge in [0, 0.05) is 6.42 Å². The Labute approximate surface area is 103 Å². The van der Waals surface area contributed by atoms with Gasteiger partial charge in [0.2, 0.25) is 5.82 Å². The van der Waals surface area contributed by atoms with Gasteiger partial charge in [-0.05, 0) is 36.6 Å². The summed E-state index contributed by atoms with van der Waals surface area (Å²) in [5, 5.41) is 14.0. The number of furan rings is 1. The summed E-state index contributed by atoms with van der Waals surface area (Å²) in [6, 6.07) is 3.45. The molecule has 0 spiro atoms. The first-order valence-electron chi connectivity index (χ1n) is 5.60. The molecule has 0 bridgehead atoms. The molecule has 1 N–H and O–H groups in total. The van der Waals surface area contributed by atoms with Crippen LogP contribution in [0.1, 0.15) is 24.7 Å². The molecule has 0 radical (unpaired) electrons. The fourth-order valence-electron chi connectivity index (χ4n) is 2.14. The van der Waals surface area contributed by atoms with Crippen LogP contribution in [0.15, 0.2) is 16.5 Å². The Morgan fingerprint density at radius 1 is 1.53 bits per heavy atom. The minimum Gasteiger partial charge on any atom is -0.441 e. The molecule has 90 valence electrons. The van der Waals surface area contributed by atoms with E-state index in [0.29, 0.717) is 16.8 Å². The van der Waals surface area contributed by atoms with Crippen molar-refractivity contribution in [2.45, 2.75) is 25.3 Å². The molecular formula is C11H12ClN3O2. The van der Waals surface area contributed by atoms with Gasteiger partial charge in [-0.1, -0.05) is 0 Å². The Kier molecular flexibility index (Phi) is 2.64. The van der Waals surface area contributed by atoms with Crippen LogP contribution in [0.2, 0.25) is 5.22 Å². The zero-order valence-corrected chi connectivity index (χ0v) is 9.89. The van der Waals surface area contributed by atoms with Gasteiger partial charge in [-0.2, -0.15) is 0 Å². The first-order valence-corrected chi connectivity index (χ1v) is 5.97. The first kappa shape index (κ1) is 10.8. The highest BCUT2D eigenvalue weighted by molar-refractivity contribution is 6.28. The van der Waals surface area contributed by atoms with Crippen LogP contribution in [0, 0.1) is 0 Å². The summed E-state index contributed by atoms with van der Waals surface area (Å²) < 4.78 is 7.08. The number of aryl methyl sites for hydroxylation is 1. The zero-order valence-electron chi connectivity index (χ0n) is 9.14. The molecule has 1 atom stereocenters. The topological polar surface area (TPSA) is 64.1 Å². The second kappa shape index (κ2) is 4.16. The molecule has 2 aromatic rings. The average Bonchev–Trinajstić information content (AvgIpc) is 2.93. The second-order valence-corrected chi connectivity index (χ2v) is 4.50. The van der Waals surface area contributed by atoms with Gasteiger partial charge < -0.3 is 9.52 Å². The number of aliphatic hydroxyl groups excluding tert-OH is 1. The van der Waals surface area contributed by atoms with E-state index in [1.165, 1.54) is 0 Å². The minimum absolute atomic E-state index is 0.0328. The van der Waals surface area contributed by atoms with E-state index in [4.69, 9.17) is 16.0 Å². The number of aliphatic hydroxyl groups is 1. The van der Waals surface area contributed by atoms with Crippen LogP contribution in [0.4, 0.5) is 0 Å². The molecule has 17 heavy (non-hydrogen) atoms. The highest BCUT2D eigenvalue weighted by atomic mass is 35.5. The molecule has 0 amide bonds. The molecule has 0 aromatic carbocycles. The van der Waals surface area contributed by atoms with E-state index >= 15 is 0 Å². The van der Waals surface area contributed by atoms with Crippen molar-refractivity contribution < 1.29 is 9.52 Å². The van der Waals surface area contributed by atoms with Gasteiger partial charge in [-0.25, -0.2) is 9.67 Å². The highest BCUT2D eigenvalue weighted by Gasteiger charge is 2.23. The van der Waals surface area contributed by atoms with E-state index in [9.17, 15) is 5.11 Å². The standard InChI is InChI=1S/C11H12ClN3O2/c12-9-5-4-8(17-9)11-13-10-3-1-2-7(6-16)15(10)14-11/h4-5,7,16H,1-3,6H2. The van der Waals surface area contributed by atoms with Gasteiger partial charge >= 0.3 is 0 Å². The van der Waals surface area contributed by atoms with Gasteiger partial charge in [0.05, 0.1) is 12.6 Å². The van der Waals surface area contributed by atoms with Crippen molar-refractivity contribution in [1.29, 1.82) is 0 Å². The van der Waals surface area contributed by atoms with E-state index < -0.39 is 0 Å². The van der Waals surface area contributed by atoms with Crippen molar-refractivity contribution in [3.05, 3.63) is 23.2 Å². The lowest BCUT2D eigenvalue weighted by Gasteiger charge is -2.20. The molecule has 1 unspecified atom stereocenters.